The van der Waals surface area contributed by atoms with E-state index in [1.165, 1.54) is 0 Å². The summed E-state index contributed by atoms with van der Waals surface area (Å²) in [6.07, 6.45) is 2.54. The maximum absolute atomic E-state index is 6.03. The van der Waals surface area contributed by atoms with E-state index in [4.69, 9.17) is 14.5 Å². The van der Waals surface area contributed by atoms with E-state index in [1.54, 1.807) is 0 Å². The number of para-hydroxylation sites is 3. The average molecular weight is 322 g/mol. The Hall–Kier alpha value is -2.33. The van der Waals surface area contributed by atoms with E-state index in [9.17, 15) is 0 Å². The molecule has 3 aromatic rings. The zero-order valence-corrected chi connectivity index (χ0v) is 13.9. The fourth-order valence-corrected chi connectivity index (χ4v) is 3.29. The van der Waals surface area contributed by atoms with Crippen molar-refractivity contribution in [1.29, 1.82) is 0 Å². The van der Waals surface area contributed by atoms with Crippen LogP contribution in [-0.2, 0) is 17.9 Å². The van der Waals surface area contributed by atoms with Crippen molar-refractivity contribution in [3.8, 4) is 5.75 Å². The van der Waals surface area contributed by atoms with E-state index in [1.807, 2.05) is 24.3 Å². The third-order valence-corrected chi connectivity index (χ3v) is 4.59. The molecule has 1 fully saturated rings. The molecule has 1 saturated heterocycles. The van der Waals surface area contributed by atoms with Crippen molar-refractivity contribution in [1.82, 2.24) is 9.55 Å². The lowest BCUT2D eigenvalue weighted by Crippen LogP contribution is -2.18. The Bertz CT molecular complexity index is 835. The van der Waals surface area contributed by atoms with Crippen LogP contribution in [0.15, 0.2) is 48.5 Å². The second-order valence-corrected chi connectivity index (χ2v) is 6.32. The van der Waals surface area contributed by atoms with Crippen LogP contribution in [0.25, 0.3) is 11.0 Å². The molecule has 4 heteroatoms. The molecule has 1 aliphatic heterocycles. The van der Waals surface area contributed by atoms with Crippen molar-refractivity contribution in [2.45, 2.75) is 39.0 Å². The molecule has 0 radical (unpaired) electrons. The van der Waals surface area contributed by atoms with Gasteiger partial charge in [-0.2, -0.15) is 0 Å². The number of rotatable bonds is 5. The summed E-state index contributed by atoms with van der Waals surface area (Å²) >= 11 is 0. The van der Waals surface area contributed by atoms with Crippen LogP contribution in [0, 0.1) is 6.92 Å². The van der Waals surface area contributed by atoms with E-state index < -0.39 is 0 Å². The first-order chi connectivity index (χ1) is 11.8. The molecule has 0 amide bonds. The molecule has 0 spiro atoms. The lowest BCUT2D eigenvalue weighted by atomic mass is 10.2. The van der Waals surface area contributed by atoms with Gasteiger partial charge in [-0.05, 0) is 43.5 Å². The van der Waals surface area contributed by atoms with Crippen molar-refractivity contribution < 1.29 is 9.47 Å². The lowest BCUT2D eigenvalue weighted by Gasteiger charge is -2.15. The van der Waals surface area contributed by atoms with Gasteiger partial charge in [0.1, 0.15) is 18.2 Å². The van der Waals surface area contributed by atoms with E-state index in [2.05, 4.69) is 35.8 Å². The maximum atomic E-state index is 6.03. The topological polar surface area (TPSA) is 36.3 Å². The van der Waals surface area contributed by atoms with Crippen LogP contribution in [-0.4, -0.2) is 22.3 Å². The van der Waals surface area contributed by atoms with Crippen LogP contribution in [0.4, 0.5) is 0 Å². The van der Waals surface area contributed by atoms with Crippen LogP contribution in [0.5, 0.6) is 5.75 Å². The van der Waals surface area contributed by atoms with Crippen LogP contribution < -0.4 is 4.74 Å². The standard InChI is InChI=1S/C20H22N2O2/c1-15-7-2-5-11-19(15)24-14-20-21-17-9-3-4-10-18(17)22(20)13-16-8-6-12-23-16/h2-5,7,9-11,16H,6,8,12-14H2,1H3. The van der Waals surface area contributed by atoms with E-state index >= 15 is 0 Å². The third kappa shape index (κ3) is 3.02. The Labute approximate surface area is 142 Å². The minimum Gasteiger partial charge on any atom is -0.485 e. The number of fused-ring (bicyclic) bond motifs is 1. The third-order valence-electron chi connectivity index (χ3n) is 4.59. The molecule has 24 heavy (non-hydrogen) atoms. The number of imidazole rings is 1. The SMILES string of the molecule is Cc1ccccc1OCc1nc2ccccc2n1CC1CCCO1. The Morgan fingerprint density at radius 1 is 1.17 bits per heavy atom. The van der Waals surface area contributed by atoms with Gasteiger partial charge in [0.2, 0.25) is 0 Å². The maximum Gasteiger partial charge on any atom is 0.148 e. The van der Waals surface area contributed by atoms with Crippen LogP contribution in [0.2, 0.25) is 0 Å². The van der Waals surface area contributed by atoms with E-state index in [0.717, 1.165) is 54.2 Å². The summed E-state index contributed by atoms with van der Waals surface area (Å²) < 4.78 is 14.1. The van der Waals surface area contributed by atoms with Crippen molar-refractivity contribution in [3.63, 3.8) is 0 Å². The van der Waals surface area contributed by atoms with Gasteiger partial charge in [-0.25, -0.2) is 4.98 Å². The number of aromatic nitrogens is 2. The molecule has 2 heterocycles. The molecule has 1 unspecified atom stereocenters. The molecule has 1 aliphatic rings. The summed E-state index contributed by atoms with van der Waals surface area (Å²) in [7, 11) is 0. The Kier molecular flexibility index (Phi) is 4.22. The molecular formula is C20H22N2O2. The monoisotopic (exact) mass is 322 g/mol. The Morgan fingerprint density at radius 3 is 2.83 bits per heavy atom. The molecule has 0 aliphatic carbocycles. The fourth-order valence-electron chi connectivity index (χ4n) is 3.29. The van der Waals surface area contributed by atoms with Crippen LogP contribution >= 0.6 is 0 Å². The van der Waals surface area contributed by atoms with E-state index in [-0.39, 0.29) is 6.10 Å². The minimum atomic E-state index is 0.278. The minimum absolute atomic E-state index is 0.278. The van der Waals surface area contributed by atoms with Gasteiger partial charge in [-0.1, -0.05) is 30.3 Å². The van der Waals surface area contributed by atoms with Gasteiger partial charge < -0.3 is 14.0 Å². The Balaban J connectivity index is 1.62. The normalized spacial score (nSPS) is 17.5. The van der Waals surface area contributed by atoms with Gasteiger partial charge in [0, 0.05) is 6.61 Å². The zero-order valence-electron chi connectivity index (χ0n) is 13.9. The highest BCUT2D eigenvalue weighted by atomic mass is 16.5. The molecule has 0 saturated carbocycles. The first kappa shape index (κ1) is 15.2. The summed E-state index contributed by atoms with van der Waals surface area (Å²) in [4.78, 5) is 4.78. The second kappa shape index (κ2) is 6.65. The van der Waals surface area contributed by atoms with Gasteiger partial charge in [0.25, 0.3) is 0 Å². The molecule has 4 rings (SSSR count). The van der Waals surface area contributed by atoms with Crippen molar-refractivity contribution >= 4 is 11.0 Å². The number of nitrogens with zero attached hydrogens (tertiary/aromatic N) is 2. The number of benzene rings is 2. The van der Waals surface area contributed by atoms with Crippen molar-refractivity contribution in [2.24, 2.45) is 0 Å². The van der Waals surface area contributed by atoms with Gasteiger partial charge in [0.05, 0.1) is 23.7 Å². The number of ether oxygens (including phenoxy) is 2. The molecule has 1 atom stereocenters. The van der Waals surface area contributed by atoms with Crippen LogP contribution in [0.3, 0.4) is 0 Å². The Morgan fingerprint density at radius 2 is 2.00 bits per heavy atom. The molecular weight excluding hydrogens is 300 g/mol. The fraction of sp³-hybridized carbons (Fsp3) is 0.350. The zero-order chi connectivity index (χ0) is 16.4. The van der Waals surface area contributed by atoms with Gasteiger partial charge in [-0.15, -0.1) is 0 Å². The summed E-state index contributed by atoms with van der Waals surface area (Å²) in [6, 6.07) is 16.3. The second-order valence-electron chi connectivity index (χ2n) is 6.32. The first-order valence-corrected chi connectivity index (χ1v) is 8.55. The average Bonchev–Trinajstić information content (AvgIpc) is 3.23. The largest absolute Gasteiger partial charge is 0.485 e. The first-order valence-electron chi connectivity index (χ1n) is 8.55. The summed E-state index contributed by atoms with van der Waals surface area (Å²) in [5, 5.41) is 0. The highest BCUT2D eigenvalue weighted by Gasteiger charge is 2.20. The summed E-state index contributed by atoms with van der Waals surface area (Å²) in [6.45, 7) is 4.23. The number of aryl methyl sites for hydroxylation is 1. The molecule has 4 nitrogen and oxygen atoms in total. The van der Waals surface area contributed by atoms with Crippen molar-refractivity contribution in [3.05, 3.63) is 59.9 Å². The molecule has 1 aromatic heterocycles. The highest BCUT2D eigenvalue weighted by molar-refractivity contribution is 5.75. The molecule has 0 N–H and O–H groups in total. The van der Waals surface area contributed by atoms with Crippen LogP contribution in [0.1, 0.15) is 24.2 Å². The van der Waals surface area contributed by atoms with Gasteiger partial charge in [-0.3, -0.25) is 0 Å². The predicted octanol–water partition coefficient (Wildman–Crippen LogP) is 4.10. The van der Waals surface area contributed by atoms with E-state index in [0.29, 0.717) is 6.61 Å². The summed E-state index contributed by atoms with van der Waals surface area (Å²) in [5.74, 6) is 1.86. The van der Waals surface area contributed by atoms with Gasteiger partial charge in [0.15, 0.2) is 0 Å². The lowest BCUT2D eigenvalue weighted by molar-refractivity contribution is 0.0962. The molecule has 2 aromatic carbocycles. The summed E-state index contributed by atoms with van der Waals surface area (Å²) in [5.41, 5.74) is 3.30. The number of hydrogen-bond donors (Lipinski definition) is 0. The van der Waals surface area contributed by atoms with Gasteiger partial charge >= 0.3 is 0 Å². The predicted molar refractivity (Wildman–Crippen MR) is 94.2 cm³/mol. The smallest absolute Gasteiger partial charge is 0.148 e. The van der Waals surface area contributed by atoms with Crippen molar-refractivity contribution in [2.75, 3.05) is 6.61 Å². The quantitative estimate of drug-likeness (QED) is 0.709. The molecule has 0 bridgehead atoms. The number of hydrogen-bond acceptors (Lipinski definition) is 3. The molecule has 124 valence electrons. The highest BCUT2D eigenvalue weighted by Crippen LogP contribution is 2.23.